The third kappa shape index (κ3) is 5.03. The van der Waals surface area contributed by atoms with Gasteiger partial charge in [-0.05, 0) is 12.5 Å². The summed E-state index contributed by atoms with van der Waals surface area (Å²) in [4.78, 5) is 46.3. The number of hydrogen-bond donors (Lipinski definition) is 0. The molecular formula is C13H14O7Si. The summed E-state index contributed by atoms with van der Waals surface area (Å²) in [5.74, 6) is -3.32. The molecule has 0 bridgehead atoms. The molecule has 0 aromatic carbocycles. The van der Waals surface area contributed by atoms with Gasteiger partial charge >= 0.3 is 26.7 Å². The van der Waals surface area contributed by atoms with E-state index in [1.165, 1.54) is 6.92 Å². The maximum atomic E-state index is 12.1. The maximum absolute atomic E-state index is 12.1. The molecule has 21 heavy (non-hydrogen) atoms. The largest absolute Gasteiger partial charge is 0.786 e. The number of carbonyl (C=O) groups excluding carboxylic acids is 4. The van der Waals surface area contributed by atoms with Gasteiger partial charge in [-0.2, -0.15) is 0 Å². The Balaban J connectivity index is 5.89. The highest BCUT2D eigenvalue weighted by Crippen LogP contribution is 2.17. The normalized spacial score (nSPS) is 9.76. The minimum Gasteiger partial charge on any atom is -0.447 e. The molecule has 8 heteroatoms. The molecule has 0 atom stereocenters. The Bertz CT molecular complexity index is 478. The molecule has 0 N–H and O–H groups in total. The number of allylic oxidation sites excluding steroid dienone is 1. The SMILES string of the molecule is C=CC(=O)O[Si](OC(=O)C=C)(OC(=O)C=C)C(=O)C(=C)C. The van der Waals surface area contributed by atoms with Gasteiger partial charge in [0, 0.05) is 18.2 Å². The first-order chi connectivity index (χ1) is 9.72. The van der Waals surface area contributed by atoms with Crippen LogP contribution in [0.5, 0.6) is 0 Å². The van der Waals surface area contributed by atoms with E-state index in [9.17, 15) is 19.2 Å². The van der Waals surface area contributed by atoms with Crippen LogP contribution in [0.15, 0.2) is 50.1 Å². The van der Waals surface area contributed by atoms with Gasteiger partial charge in [-0.25, -0.2) is 14.4 Å². The fraction of sp³-hybridized carbons (Fsp3) is 0.0769. The van der Waals surface area contributed by atoms with E-state index in [4.69, 9.17) is 13.3 Å². The summed E-state index contributed by atoms with van der Waals surface area (Å²) in [5.41, 5.74) is -0.132. The zero-order chi connectivity index (χ0) is 16.6. The Kier molecular flexibility index (Phi) is 6.74. The first-order valence-corrected chi connectivity index (χ1v) is 7.21. The molecule has 0 rings (SSSR count). The van der Waals surface area contributed by atoms with Crippen molar-refractivity contribution in [1.29, 1.82) is 0 Å². The molecule has 7 nitrogen and oxygen atoms in total. The van der Waals surface area contributed by atoms with E-state index < -0.39 is 32.1 Å². The molecule has 0 fully saturated rings. The van der Waals surface area contributed by atoms with Crippen molar-refractivity contribution in [3.05, 3.63) is 50.1 Å². The molecule has 0 unspecified atom stereocenters. The van der Waals surface area contributed by atoms with Crippen LogP contribution in [-0.2, 0) is 32.5 Å². The van der Waals surface area contributed by atoms with Crippen LogP contribution in [0.2, 0.25) is 0 Å². The van der Waals surface area contributed by atoms with Crippen molar-refractivity contribution in [2.75, 3.05) is 0 Å². The van der Waals surface area contributed by atoms with Crippen molar-refractivity contribution in [1.82, 2.24) is 0 Å². The molecule has 0 spiro atoms. The van der Waals surface area contributed by atoms with Crippen LogP contribution in [0, 0.1) is 0 Å². The lowest BCUT2D eigenvalue weighted by Gasteiger charge is -2.24. The lowest BCUT2D eigenvalue weighted by molar-refractivity contribution is -0.147. The fourth-order valence-corrected chi connectivity index (χ4v) is 2.96. The Hall–Kier alpha value is -2.74. The van der Waals surface area contributed by atoms with Crippen molar-refractivity contribution in [3.8, 4) is 0 Å². The van der Waals surface area contributed by atoms with Crippen molar-refractivity contribution in [3.63, 3.8) is 0 Å². The zero-order valence-corrected chi connectivity index (χ0v) is 12.4. The second-order valence-corrected chi connectivity index (χ2v) is 5.72. The highest BCUT2D eigenvalue weighted by molar-refractivity contribution is 6.97. The van der Waals surface area contributed by atoms with Crippen LogP contribution < -0.4 is 0 Å². The van der Waals surface area contributed by atoms with Crippen molar-refractivity contribution >= 4 is 32.1 Å². The topological polar surface area (TPSA) is 96.0 Å². The number of rotatable bonds is 8. The van der Waals surface area contributed by atoms with Crippen LogP contribution in [0.3, 0.4) is 0 Å². The van der Waals surface area contributed by atoms with Gasteiger partial charge in [-0.1, -0.05) is 26.3 Å². The molecule has 0 saturated carbocycles. The fourth-order valence-electron chi connectivity index (χ4n) is 0.985. The summed E-state index contributed by atoms with van der Waals surface area (Å²) < 4.78 is 14.2. The predicted octanol–water partition coefficient (Wildman–Crippen LogP) is 0.797. The highest BCUT2D eigenvalue weighted by Gasteiger charge is 2.61. The minimum absolute atomic E-state index is 0.132. The third-order valence-corrected chi connectivity index (χ3v) is 4.26. The molecule has 0 saturated heterocycles. The molecule has 0 aromatic heterocycles. The van der Waals surface area contributed by atoms with Crippen LogP contribution in [0.1, 0.15) is 6.92 Å². The van der Waals surface area contributed by atoms with Gasteiger partial charge in [0.2, 0.25) is 0 Å². The maximum Gasteiger partial charge on any atom is 0.786 e. The number of hydrogen-bond acceptors (Lipinski definition) is 7. The van der Waals surface area contributed by atoms with Crippen LogP contribution in [0.4, 0.5) is 0 Å². The Morgan fingerprint density at radius 2 is 1.10 bits per heavy atom. The minimum atomic E-state index is -4.71. The average molecular weight is 310 g/mol. The lowest BCUT2D eigenvalue weighted by Crippen LogP contribution is -2.57. The van der Waals surface area contributed by atoms with Crippen molar-refractivity contribution in [2.45, 2.75) is 6.92 Å². The standard InChI is InChI=1S/C13H14O7Si/c1-6-10(14)18-21(13(17)9(4)5,19-11(15)7-2)20-12(16)8-3/h6-8H,1-4H2,5H3. The Morgan fingerprint density at radius 3 is 1.29 bits per heavy atom. The third-order valence-electron chi connectivity index (χ3n) is 1.87. The quantitative estimate of drug-likeness (QED) is 0.483. The zero-order valence-electron chi connectivity index (χ0n) is 11.4. The molecule has 0 aliphatic rings. The Labute approximate surface area is 122 Å². The van der Waals surface area contributed by atoms with Gasteiger partial charge in [-0.3, -0.25) is 4.79 Å². The summed E-state index contributed by atoms with van der Waals surface area (Å²) in [6, 6.07) is 0. The molecule has 0 aliphatic carbocycles. The molecule has 0 amide bonds. The van der Waals surface area contributed by atoms with E-state index in [-0.39, 0.29) is 5.57 Å². The van der Waals surface area contributed by atoms with Crippen LogP contribution in [0.25, 0.3) is 0 Å². The molecule has 0 aliphatic heterocycles. The second kappa shape index (κ2) is 7.75. The predicted molar refractivity (Wildman–Crippen MR) is 74.4 cm³/mol. The van der Waals surface area contributed by atoms with Gasteiger partial charge in [0.25, 0.3) is 5.41 Å². The van der Waals surface area contributed by atoms with Gasteiger partial charge in [0.1, 0.15) is 0 Å². The van der Waals surface area contributed by atoms with Gasteiger partial charge in [0.05, 0.1) is 0 Å². The molecule has 0 aromatic rings. The van der Waals surface area contributed by atoms with E-state index in [1.807, 2.05) is 0 Å². The summed E-state index contributed by atoms with van der Waals surface area (Å²) in [5, 5.41) is -1.01. The summed E-state index contributed by atoms with van der Waals surface area (Å²) >= 11 is 0. The van der Waals surface area contributed by atoms with Crippen LogP contribution in [-0.4, -0.2) is 32.1 Å². The number of carbonyl (C=O) groups is 4. The van der Waals surface area contributed by atoms with E-state index >= 15 is 0 Å². The van der Waals surface area contributed by atoms with E-state index in [0.29, 0.717) is 0 Å². The van der Waals surface area contributed by atoms with E-state index in [2.05, 4.69) is 26.3 Å². The molecular weight excluding hydrogens is 296 g/mol. The van der Waals surface area contributed by atoms with Crippen LogP contribution >= 0.6 is 0 Å². The average Bonchev–Trinajstić information content (AvgIpc) is 2.45. The molecule has 0 heterocycles. The van der Waals surface area contributed by atoms with Crippen molar-refractivity contribution in [2.24, 2.45) is 0 Å². The summed E-state index contributed by atoms with van der Waals surface area (Å²) in [6.45, 7) is 14.0. The first-order valence-electron chi connectivity index (χ1n) is 5.49. The first kappa shape index (κ1) is 18.3. The van der Waals surface area contributed by atoms with E-state index in [1.54, 1.807) is 0 Å². The second-order valence-electron chi connectivity index (χ2n) is 3.54. The Morgan fingerprint density at radius 1 is 0.810 bits per heavy atom. The van der Waals surface area contributed by atoms with Gasteiger partial charge in [-0.15, -0.1) is 0 Å². The highest BCUT2D eigenvalue weighted by atomic mass is 28.4. The van der Waals surface area contributed by atoms with Gasteiger partial charge in [0.15, 0.2) is 0 Å². The molecule has 0 radical (unpaired) electrons. The monoisotopic (exact) mass is 310 g/mol. The van der Waals surface area contributed by atoms with Crippen molar-refractivity contribution < 1.29 is 32.5 Å². The van der Waals surface area contributed by atoms with Gasteiger partial charge < -0.3 is 13.3 Å². The summed E-state index contributed by atoms with van der Waals surface area (Å²) in [6.07, 6.45) is 2.16. The molecule has 112 valence electrons. The summed E-state index contributed by atoms with van der Waals surface area (Å²) in [7, 11) is -4.71. The smallest absolute Gasteiger partial charge is 0.447 e. The van der Waals surface area contributed by atoms with E-state index in [0.717, 1.165) is 18.2 Å². The lowest BCUT2D eigenvalue weighted by atomic mass is 10.4.